The van der Waals surface area contributed by atoms with Gasteiger partial charge in [0.2, 0.25) is 11.8 Å². The van der Waals surface area contributed by atoms with Gasteiger partial charge in [-0.25, -0.2) is 4.98 Å². The van der Waals surface area contributed by atoms with E-state index in [1.54, 1.807) is 26.2 Å². The monoisotopic (exact) mass is 473 g/mol. The van der Waals surface area contributed by atoms with Crippen LogP contribution in [0.25, 0.3) is 10.8 Å². The first-order valence-electron chi connectivity index (χ1n) is 11.8. The lowest BCUT2D eigenvalue weighted by molar-refractivity contribution is -0.130. The zero-order valence-corrected chi connectivity index (χ0v) is 20.4. The molecule has 35 heavy (non-hydrogen) atoms. The Morgan fingerprint density at radius 2 is 1.74 bits per heavy atom. The summed E-state index contributed by atoms with van der Waals surface area (Å²) in [7, 11) is 1.68. The van der Waals surface area contributed by atoms with Gasteiger partial charge in [0, 0.05) is 18.3 Å². The Balaban J connectivity index is 1.62. The van der Waals surface area contributed by atoms with Crippen LogP contribution < -0.4 is 20.9 Å². The normalized spacial score (nSPS) is 16.6. The number of rotatable bonds is 7. The Bertz CT molecular complexity index is 1260. The zero-order chi connectivity index (χ0) is 25.1. The number of hydrogen-bond donors (Lipinski definition) is 3. The maximum Gasteiger partial charge on any atom is 0.251 e. The van der Waals surface area contributed by atoms with Crippen LogP contribution in [0.2, 0.25) is 0 Å². The van der Waals surface area contributed by atoms with Crippen molar-refractivity contribution in [3.05, 3.63) is 66.4 Å². The number of nitrogens with one attached hydrogen (secondary N) is 3. The van der Waals surface area contributed by atoms with Gasteiger partial charge in [-0.15, -0.1) is 0 Å². The number of fused-ring (bicyclic) bond motifs is 2. The number of anilines is 2. The van der Waals surface area contributed by atoms with Crippen LogP contribution in [-0.2, 0) is 20.8 Å². The predicted octanol–water partition coefficient (Wildman–Crippen LogP) is 2.88. The van der Waals surface area contributed by atoms with Gasteiger partial charge in [-0.1, -0.05) is 50.2 Å². The largest absolute Gasteiger partial charge is 0.343 e. The van der Waals surface area contributed by atoms with Gasteiger partial charge < -0.3 is 16.0 Å². The van der Waals surface area contributed by atoms with Gasteiger partial charge in [0.1, 0.15) is 17.9 Å². The molecule has 0 saturated heterocycles. The van der Waals surface area contributed by atoms with Crippen molar-refractivity contribution in [1.82, 2.24) is 15.6 Å². The molecule has 3 atom stereocenters. The highest BCUT2D eigenvalue weighted by Crippen LogP contribution is 2.32. The van der Waals surface area contributed by atoms with E-state index in [9.17, 15) is 14.4 Å². The molecule has 0 radical (unpaired) electrons. The molecule has 8 nitrogen and oxygen atoms in total. The molecule has 2 heterocycles. The van der Waals surface area contributed by atoms with Crippen molar-refractivity contribution in [2.75, 3.05) is 17.3 Å². The third kappa shape index (κ3) is 5.02. The minimum Gasteiger partial charge on any atom is -0.343 e. The molecular weight excluding hydrogens is 442 g/mol. The minimum absolute atomic E-state index is 0.188. The van der Waals surface area contributed by atoms with Crippen LogP contribution in [0.4, 0.5) is 11.5 Å². The number of hydrogen-bond acceptors (Lipinski definition) is 5. The second-order valence-electron chi connectivity index (χ2n) is 9.21. The maximum atomic E-state index is 13.8. The van der Waals surface area contributed by atoms with Gasteiger partial charge in [-0.3, -0.25) is 19.3 Å². The SMILES string of the molecule is CN[C@@H](C)C(=O)NC(C(=O)N1c2ncccc2CC1C(=O)Nc1ccc2ccccc2c1)C(C)C. The predicted molar refractivity (Wildman–Crippen MR) is 137 cm³/mol. The Hall–Kier alpha value is -3.78. The number of carbonyl (C=O) groups excluding carboxylic acids is 3. The summed E-state index contributed by atoms with van der Waals surface area (Å²) in [6.45, 7) is 5.46. The number of carbonyl (C=O) groups is 3. The molecule has 4 rings (SSSR count). The summed E-state index contributed by atoms with van der Waals surface area (Å²) in [6.07, 6.45) is 1.95. The fourth-order valence-corrected chi connectivity index (χ4v) is 4.29. The summed E-state index contributed by atoms with van der Waals surface area (Å²) in [4.78, 5) is 45.7. The van der Waals surface area contributed by atoms with E-state index in [0.717, 1.165) is 16.3 Å². The van der Waals surface area contributed by atoms with Crippen LogP contribution >= 0.6 is 0 Å². The average Bonchev–Trinajstić information content (AvgIpc) is 3.25. The average molecular weight is 474 g/mol. The number of benzene rings is 2. The highest BCUT2D eigenvalue weighted by atomic mass is 16.2. The van der Waals surface area contributed by atoms with E-state index in [1.165, 1.54) is 4.90 Å². The van der Waals surface area contributed by atoms with E-state index >= 15 is 0 Å². The first-order chi connectivity index (χ1) is 16.8. The van der Waals surface area contributed by atoms with E-state index in [1.807, 2.05) is 62.4 Å². The molecule has 0 bridgehead atoms. The van der Waals surface area contributed by atoms with Crippen LogP contribution in [0.5, 0.6) is 0 Å². The van der Waals surface area contributed by atoms with Crippen molar-refractivity contribution in [3.63, 3.8) is 0 Å². The van der Waals surface area contributed by atoms with E-state index < -0.39 is 18.1 Å². The quantitative estimate of drug-likeness (QED) is 0.490. The van der Waals surface area contributed by atoms with Gasteiger partial charge >= 0.3 is 0 Å². The van der Waals surface area contributed by atoms with Crippen LogP contribution in [0.1, 0.15) is 26.3 Å². The smallest absolute Gasteiger partial charge is 0.251 e. The van der Waals surface area contributed by atoms with Gasteiger partial charge in [-0.2, -0.15) is 0 Å². The van der Waals surface area contributed by atoms with E-state index in [-0.39, 0.29) is 23.6 Å². The lowest BCUT2D eigenvalue weighted by Crippen LogP contribution is -2.57. The number of aromatic nitrogens is 1. The van der Waals surface area contributed by atoms with Crippen molar-refractivity contribution in [3.8, 4) is 0 Å². The second-order valence-corrected chi connectivity index (χ2v) is 9.21. The van der Waals surface area contributed by atoms with Gasteiger partial charge in [0.25, 0.3) is 5.91 Å². The molecule has 0 spiro atoms. The lowest BCUT2D eigenvalue weighted by Gasteiger charge is -2.31. The van der Waals surface area contributed by atoms with E-state index in [4.69, 9.17) is 0 Å². The van der Waals surface area contributed by atoms with Crippen molar-refractivity contribution in [1.29, 1.82) is 0 Å². The Kier molecular flexibility index (Phi) is 7.12. The van der Waals surface area contributed by atoms with Crippen LogP contribution in [-0.4, -0.2) is 47.9 Å². The molecule has 3 amide bonds. The summed E-state index contributed by atoms with van der Waals surface area (Å²) < 4.78 is 0. The molecule has 8 heteroatoms. The Labute approximate surface area is 205 Å². The highest BCUT2D eigenvalue weighted by Gasteiger charge is 2.43. The molecule has 1 aromatic heterocycles. The zero-order valence-electron chi connectivity index (χ0n) is 20.4. The fraction of sp³-hybridized carbons (Fsp3) is 0.333. The first-order valence-corrected chi connectivity index (χ1v) is 11.8. The molecule has 182 valence electrons. The summed E-state index contributed by atoms with van der Waals surface area (Å²) in [5.74, 6) is -0.667. The van der Waals surface area contributed by atoms with Crippen molar-refractivity contribution in [2.45, 2.75) is 45.3 Å². The molecule has 3 N–H and O–H groups in total. The van der Waals surface area contributed by atoms with Crippen LogP contribution in [0.15, 0.2) is 60.8 Å². The molecule has 0 fully saturated rings. The van der Waals surface area contributed by atoms with Gasteiger partial charge in [0.15, 0.2) is 0 Å². The lowest BCUT2D eigenvalue weighted by atomic mass is 10.0. The molecule has 2 unspecified atom stereocenters. The minimum atomic E-state index is -0.803. The number of amides is 3. The molecular formula is C27H31N5O3. The molecule has 0 aliphatic carbocycles. The van der Waals surface area contributed by atoms with Crippen molar-refractivity contribution >= 4 is 40.0 Å². The molecule has 1 aliphatic rings. The van der Waals surface area contributed by atoms with Crippen LogP contribution in [0, 0.1) is 5.92 Å². The summed E-state index contributed by atoms with van der Waals surface area (Å²) in [5.41, 5.74) is 1.47. The number of likely N-dealkylation sites (N-methyl/N-ethyl adjacent to an activating group) is 1. The van der Waals surface area contributed by atoms with Gasteiger partial charge in [0.05, 0.1) is 6.04 Å². The van der Waals surface area contributed by atoms with E-state index in [2.05, 4.69) is 20.9 Å². The molecule has 1 aliphatic heterocycles. The Morgan fingerprint density at radius 3 is 2.46 bits per heavy atom. The third-order valence-electron chi connectivity index (χ3n) is 6.43. The summed E-state index contributed by atoms with van der Waals surface area (Å²) in [6, 6.07) is 15.2. The number of pyridine rings is 1. The number of nitrogens with zero attached hydrogens (tertiary/aromatic N) is 2. The summed E-state index contributed by atoms with van der Waals surface area (Å²) >= 11 is 0. The topological polar surface area (TPSA) is 103 Å². The maximum absolute atomic E-state index is 13.8. The van der Waals surface area contributed by atoms with E-state index in [0.29, 0.717) is 17.9 Å². The fourth-order valence-electron chi connectivity index (χ4n) is 4.29. The Morgan fingerprint density at radius 1 is 1.00 bits per heavy atom. The van der Waals surface area contributed by atoms with Crippen molar-refractivity contribution in [2.24, 2.45) is 5.92 Å². The van der Waals surface area contributed by atoms with Gasteiger partial charge in [-0.05, 0) is 54.4 Å². The second kappa shape index (κ2) is 10.2. The third-order valence-corrected chi connectivity index (χ3v) is 6.43. The highest BCUT2D eigenvalue weighted by molar-refractivity contribution is 6.09. The standard InChI is InChI=1S/C27H31N5O3/c1-16(2)23(31-25(33)17(3)28-4)27(35)32-22(15-20-10-7-13-29-24(20)32)26(34)30-21-12-11-18-8-5-6-9-19(18)14-21/h5-14,16-17,22-23,28H,15H2,1-4H3,(H,30,34)(H,31,33)/t17-,22?,23?/m0/s1. The summed E-state index contributed by atoms with van der Waals surface area (Å²) in [5, 5.41) is 10.8. The van der Waals surface area contributed by atoms with Crippen molar-refractivity contribution < 1.29 is 14.4 Å². The molecule has 3 aromatic rings. The first kappa shape index (κ1) is 24.3. The molecule has 0 saturated carbocycles. The molecule has 2 aromatic carbocycles. The van der Waals surface area contributed by atoms with Crippen LogP contribution in [0.3, 0.4) is 0 Å².